The predicted octanol–water partition coefficient (Wildman–Crippen LogP) is 0.674. The van der Waals surface area contributed by atoms with Crippen molar-refractivity contribution in [3.63, 3.8) is 0 Å². The van der Waals surface area contributed by atoms with Gasteiger partial charge in [-0.25, -0.2) is 0 Å². The number of esters is 1. The second kappa shape index (κ2) is 9.26. The first-order valence-corrected chi connectivity index (χ1v) is 4.04. The fourth-order valence-electron chi connectivity index (χ4n) is 0.577. The van der Waals surface area contributed by atoms with E-state index in [1.54, 1.807) is 0 Å². The van der Waals surface area contributed by atoms with E-state index in [0.29, 0.717) is 0 Å². The molecule has 0 unspecified atom stereocenters. The quantitative estimate of drug-likeness (QED) is 0.260. The molecule has 0 radical (unpaired) electrons. The van der Waals surface area contributed by atoms with Crippen LogP contribution in [0.2, 0.25) is 0 Å². The van der Waals surface area contributed by atoms with Gasteiger partial charge in [-0.05, 0) is 0 Å². The lowest BCUT2D eigenvalue weighted by Crippen LogP contribution is -2.11. The van der Waals surface area contributed by atoms with Gasteiger partial charge in [-0.2, -0.15) is 5.26 Å². The van der Waals surface area contributed by atoms with Crippen LogP contribution < -0.4 is 0 Å². The zero-order chi connectivity index (χ0) is 10.6. The monoisotopic (exact) mass is 196 g/mol. The highest BCUT2D eigenvalue weighted by molar-refractivity contribution is 5.74. The number of hydrogen-bond acceptors (Lipinski definition) is 5. The minimum absolute atomic E-state index is 0.0598. The predicted molar refractivity (Wildman–Crippen MR) is 50.7 cm³/mol. The molecule has 0 aromatic heterocycles. The largest absolute Gasteiger partial charge is 0.498 e. The van der Waals surface area contributed by atoms with E-state index in [9.17, 15) is 4.79 Å². The van der Waals surface area contributed by atoms with Gasteiger partial charge in [0, 0.05) is 6.21 Å². The summed E-state index contributed by atoms with van der Waals surface area (Å²) in [5.74, 6) is -0.438. The number of carbonyl (C=O) groups excluding carboxylic acids is 1. The highest BCUT2D eigenvalue weighted by Gasteiger charge is 1.98. The minimum atomic E-state index is -0.438. The summed E-state index contributed by atoms with van der Waals surface area (Å²) >= 11 is 0. The molecule has 0 aliphatic carbocycles. The molecule has 0 fully saturated rings. The van der Waals surface area contributed by atoms with Crippen molar-refractivity contribution >= 4 is 12.2 Å². The van der Waals surface area contributed by atoms with Crippen molar-refractivity contribution in [2.75, 3.05) is 19.8 Å². The fourth-order valence-corrected chi connectivity index (χ4v) is 0.577. The molecular formula is C9H12N2O3. The number of nitriles is 1. The van der Waals surface area contributed by atoms with Crippen molar-refractivity contribution in [1.29, 1.82) is 5.26 Å². The first kappa shape index (κ1) is 12.2. The van der Waals surface area contributed by atoms with Gasteiger partial charge in [-0.3, -0.25) is 9.79 Å². The van der Waals surface area contributed by atoms with Crippen LogP contribution in [-0.2, 0) is 14.3 Å². The first-order chi connectivity index (χ1) is 6.81. The van der Waals surface area contributed by atoms with Crippen molar-refractivity contribution in [2.45, 2.75) is 6.42 Å². The van der Waals surface area contributed by atoms with E-state index in [1.165, 1.54) is 12.5 Å². The molecule has 0 aliphatic heterocycles. The van der Waals surface area contributed by atoms with Crippen LogP contribution in [0.1, 0.15) is 6.42 Å². The van der Waals surface area contributed by atoms with E-state index < -0.39 is 5.97 Å². The molecule has 76 valence electrons. The summed E-state index contributed by atoms with van der Waals surface area (Å²) in [5.41, 5.74) is 0. The van der Waals surface area contributed by atoms with Gasteiger partial charge in [-0.1, -0.05) is 6.58 Å². The Morgan fingerprint density at radius 1 is 1.57 bits per heavy atom. The molecule has 0 saturated heterocycles. The van der Waals surface area contributed by atoms with Gasteiger partial charge in [-0.15, -0.1) is 0 Å². The van der Waals surface area contributed by atoms with E-state index >= 15 is 0 Å². The highest BCUT2D eigenvalue weighted by atomic mass is 16.6. The van der Waals surface area contributed by atoms with E-state index in [1.807, 2.05) is 6.07 Å². The van der Waals surface area contributed by atoms with Gasteiger partial charge in [0.05, 0.1) is 18.8 Å². The normalized spacial score (nSPS) is 9.36. The maximum atomic E-state index is 10.9. The number of carbonyl (C=O) groups is 1. The van der Waals surface area contributed by atoms with Crippen LogP contribution in [0.4, 0.5) is 0 Å². The SMILES string of the molecule is C=COCCOC(=O)C/N=C/CC#N. The maximum Gasteiger partial charge on any atom is 0.327 e. The van der Waals surface area contributed by atoms with Gasteiger partial charge >= 0.3 is 5.97 Å². The molecule has 0 spiro atoms. The van der Waals surface area contributed by atoms with E-state index in [-0.39, 0.29) is 26.2 Å². The molecule has 0 saturated carbocycles. The fraction of sp³-hybridized carbons (Fsp3) is 0.444. The first-order valence-electron chi connectivity index (χ1n) is 4.04. The summed E-state index contributed by atoms with van der Waals surface area (Å²) in [4.78, 5) is 14.5. The van der Waals surface area contributed by atoms with Gasteiger partial charge in [0.2, 0.25) is 0 Å². The molecule has 5 nitrogen and oxygen atoms in total. The van der Waals surface area contributed by atoms with Gasteiger partial charge in [0.15, 0.2) is 0 Å². The Morgan fingerprint density at radius 2 is 2.36 bits per heavy atom. The summed E-state index contributed by atoms with van der Waals surface area (Å²) in [6.07, 6.45) is 2.85. The number of aliphatic imine (C=N–C) groups is 1. The Morgan fingerprint density at radius 3 is 3.00 bits per heavy atom. The van der Waals surface area contributed by atoms with Crippen molar-refractivity contribution in [2.24, 2.45) is 4.99 Å². The van der Waals surface area contributed by atoms with Crippen molar-refractivity contribution < 1.29 is 14.3 Å². The summed E-state index contributed by atoms with van der Waals surface area (Å²) in [6, 6.07) is 1.87. The third-order valence-electron chi connectivity index (χ3n) is 1.11. The third-order valence-corrected chi connectivity index (χ3v) is 1.11. The van der Waals surface area contributed by atoms with E-state index in [2.05, 4.69) is 11.6 Å². The van der Waals surface area contributed by atoms with Gasteiger partial charge in [0.1, 0.15) is 19.8 Å². The Labute approximate surface area is 82.6 Å². The number of ether oxygens (including phenoxy) is 2. The summed E-state index contributed by atoms with van der Waals surface area (Å²) in [5, 5.41) is 8.15. The number of rotatable bonds is 7. The summed E-state index contributed by atoms with van der Waals surface area (Å²) < 4.78 is 9.45. The molecule has 0 amide bonds. The highest BCUT2D eigenvalue weighted by Crippen LogP contribution is 1.82. The van der Waals surface area contributed by atoms with Crippen LogP contribution in [0.25, 0.3) is 0 Å². The Kier molecular flexibility index (Phi) is 8.05. The average molecular weight is 196 g/mol. The van der Waals surface area contributed by atoms with Crippen LogP contribution in [0.3, 0.4) is 0 Å². The Balaban J connectivity index is 3.37. The van der Waals surface area contributed by atoms with Crippen LogP contribution in [0.15, 0.2) is 17.8 Å². The standard InChI is InChI=1S/C9H12N2O3/c1-2-13-6-7-14-9(12)8-11-5-3-4-10/h2,5H,1,3,6-8H2/b11-5+. The molecule has 14 heavy (non-hydrogen) atoms. The summed E-state index contributed by atoms with van der Waals surface area (Å²) in [7, 11) is 0. The van der Waals surface area contributed by atoms with Crippen LogP contribution in [0.5, 0.6) is 0 Å². The second-order valence-corrected chi connectivity index (χ2v) is 2.14. The molecule has 0 aromatic rings. The maximum absolute atomic E-state index is 10.9. The second-order valence-electron chi connectivity index (χ2n) is 2.14. The van der Waals surface area contributed by atoms with E-state index in [0.717, 1.165) is 0 Å². The molecule has 0 aromatic carbocycles. The molecular weight excluding hydrogens is 184 g/mol. The lowest BCUT2D eigenvalue weighted by molar-refractivity contribution is -0.142. The summed E-state index contributed by atoms with van der Waals surface area (Å²) in [6.45, 7) is 3.74. The molecule has 0 bridgehead atoms. The molecule has 0 N–H and O–H groups in total. The minimum Gasteiger partial charge on any atom is -0.498 e. The van der Waals surface area contributed by atoms with Gasteiger partial charge < -0.3 is 9.47 Å². The van der Waals surface area contributed by atoms with Crippen molar-refractivity contribution in [3.05, 3.63) is 12.8 Å². The molecule has 5 heteroatoms. The molecule has 0 heterocycles. The molecule has 0 aliphatic rings. The Bertz CT molecular complexity index is 243. The van der Waals surface area contributed by atoms with E-state index in [4.69, 9.17) is 14.7 Å². The number of hydrogen-bond donors (Lipinski definition) is 0. The van der Waals surface area contributed by atoms with Gasteiger partial charge in [0.25, 0.3) is 0 Å². The lowest BCUT2D eigenvalue weighted by Gasteiger charge is -2.01. The zero-order valence-corrected chi connectivity index (χ0v) is 7.81. The van der Waals surface area contributed by atoms with Crippen molar-refractivity contribution in [1.82, 2.24) is 0 Å². The van der Waals surface area contributed by atoms with Crippen LogP contribution in [-0.4, -0.2) is 31.9 Å². The topological polar surface area (TPSA) is 71.7 Å². The molecule has 0 atom stereocenters. The zero-order valence-electron chi connectivity index (χ0n) is 7.81. The molecule has 0 rings (SSSR count). The Hall–Kier alpha value is -1.83. The smallest absolute Gasteiger partial charge is 0.327 e. The number of nitrogens with zero attached hydrogens (tertiary/aromatic N) is 2. The lowest BCUT2D eigenvalue weighted by atomic mass is 10.5. The average Bonchev–Trinajstić information content (AvgIpc) is 2.19. The third kappa shape index (κ3) is 8.27. The van der Waals surface area contributed by atoms with Crippen LogP contribution >= 0.6 is 0 Å². The van der Waals surface area contributed by atoms with Crippen molar-refractivity contribution in [3.8, 4) is 6.07 Å². The van der Waals surface area contributed by atoms with Crippen LogP contribution in [0, 0.1) is 11.3 Å².